The van der Waals surface area contributed by atoms with Crippen LogP contribution in [0.3, 0.4) is 0 Å². The van der Waals surface area contributed by atoms with E-state index < -0.39 is 0 Å². The van der Waals surface area contributed by atoms with E-state index in [4.69, 9.17) is 21.4 Å². The molecule has 3 aromatic rings. The van der Waals surface area contributed by atoms with Crippen LogP contribution in [0.2, 0.25) is 5.02 Å². The lowest BCUT2D eigenvalue weighted by atomic mass is 9.99. The molecule has 2 aliphatic rings. The van der Waals surface area contributed by atoms with Gasteiger partial charge in [-0.3, -0.25) is 14.3 Å². The second-order valence-electron chi connectivity index (χ2n) is 9.30. The molecule has 0 saturated carbocycles. The summed E-state index contributed by atoms with van der Waals surface area (Å²) in [7, 11) is 0. The fourth-order valence-corrected chi connectivity index (χ4v) is 4.91. The Morgan fingerprint density at radius 3 is 2.68 bits per heavy atom. The Morgan fingerprint density at radius 2 is 1.94 bits per heavy atom. The largest absolute Gasteiger partial charge is 0.376 e. The van der Waals surface area contributed by atoms with Gasteiger partial charge in [-0.15, -0.1) is 0 Å². The van der Waals surface area contributed by atoms with Gasteiger partial charge < -0.3 is 15.0 Å². The highest BCUT2D eigenvalue weighted by Crippen LogP contribution is 2.25. The van der Waals surface area contributed by atoms with Crippen molar-refractivity contribution in [1.29, 1.82) is 0 Å². The molecule has 2 aliphatic heterocycles. The summed E-state index contributed by atoms with van der Waals surface area (Å²) in [6.45, 7) is 5.43. The number of nitrogens with zero attached hydrogens (tertiary/aromatic N) is 3. The molecule has 178 valence electrons. The second kappa shape index (κ2) is 9.76. The van der Waals surface area contributed by atoms with E-state index in [1.54, 1.807) is 24.3 Å². The average Bonchev–Trinajstić information content (AvgIpc) is 3.24. The van der Waals surface area contributed by atoms with Gasteiger partial charge in [-0.2, -0.15) is 5.10 Å². The number of rotatable bonds is 6. The van der Waals surface area contributed by atoms with Crippen LogP contribution in [0.15, 0.2) is 42.6 Å². The smallest absolute Gasteiger partial charge is 0.253 e. The predicted octanol–water partition coefficient (Wildman–Crippen LogP) is 4.07. The van der Waals surface area contributed by atoms with E-state index in [2.05, 4.69) is 5.32 Å². The van der Waals surface area contributed by atoms with Crippen molar-refractivity contribution in [2.75, 3.05) is 26.2 Å². The van der Waals surface area contributed by atoms with E-state index in [1.165, 1.54) is 0 Å². The van der Waals surface area contributed by atoms with Gasteiger partial charge in [0.15, 0.2) is 0 Å². The Balaban J connectivity index is 1.19. The molecule has 3 heterocycles. The van der Waals surface area contributed by atoms with Gasteiger partial charge in [0.05, 0.1) is 11.6 Å². The third kappa shape index (κ3) is 4.81. The maximum Gasteiger partial charge on any atom is 0.253 e. The Kier molecular flexibility index (Phi) is 6.57. The third-order valence-electron chi connectivity index (χ3n) is 6.80. The molecule has 34 heavy (non-hydrogen) atoms. The van der Waals surface area contributed by atoms with Gasteiger partial charge in [0, 0.05) is 66.4 Å². The van der Waals surface area contributed by atoms with Crippen LogP contribution in [0.25, 0.3) is 10.9 Å². The number of hydrogen-bond acceptors (Lipinski definition) is 4. The first-order chi connectivity index (χ1) is 16.5. The lowest BCUT2D eigenvalue weighted by molar-refractivity contribution is 0.0169. The summed E-state index contributed by atoms with van der Waals surface area (Å²) in [4.78, 5) is 27.2. The van der Waals surface area contributed by atoms with Crippen molar-refractivity contribution in [2.45, 2.75) is 38.8 Å². The Morgan fingerprint density at radius 1 is 1.15 bits per heavy atom. The fourth-order valence-electron chi connectivity index (χ4n) is 4.78. The molecular formula is C26H29ClN4O3. The number of carbonyl (C=O) groups excluding carboxylic acids is 2. The molecule has 2 aromatic carbocycles. The Bertz CT molecular complexity index is 1190. The summed E-state index contributed by atoms with van der Waals surface area (Å²) in [5, 5.41) is 9.33. The average molecular weight is 481 g/mol. The first-order valence-corrected chi connectivity index (χ1v) is 12.3. The van der Waals surface area contributed by atoms with Gasteiger partial charge in [0.2, 0.25) is 0 Å². The lowest BCUT2D eigenvalue weighted by Crippen LogP contribution is -2.51. The molecule has 0 aliphatic carbocycles. The summed E-state index contributed by atoms with van der Waals surface area (Å²) in [5.41, 5.74) is 3.13. The number of aryl methyl sites for hydroxylation is 1. The molecule has 0 bridgehead atoms. The number of hydrogen-bond donors (Lipinski definition) is 1. The normalized spacial score (nSPS) is 18.6. The topological polar surface area (TPSA) is 76.5 Å². The monoisotopic (exact) mass is 480 g/mol. The summed E-state index contributed by atoms with van der Waals surface area (Å²) in [6, 6.07) is 10.8. The van der Waals surface area contributed by atoms with E-state index >= 15 is 0 Å². The second-order valence-corrected chi connectivity index (χ2v) is 9.74. The molecule has 0 spiro atoms. The molecule has 0 radical (unpaired) electrons. The molecule has 2 saturated heterocycles. The maximum atomic E-state index is 12.8. The fraction of sp³-hybridized carbons (Fsp3) is 0.423. The van der Waals surface area contributed by atoms with Crippen molar-refractivity contribution < 1.29 is 14.3 Å². The van der Waals surface area contributed by atoms with Gasteiger partial charge in [-0.25, -0.2) is 0 Å². The van der Waals surface area contributed by atoms with Gasteiger partial charge in [-0.1, -0.05) is 11.6 Å². The highest BCUT2D eigenvalue weighted by molar-refractivity contribution is 6.30. The Labute approximate surface area is 204 Å². The number of amides is 2. The standard InChI is InChI=1S/C26H29ClN4O3/c1-17-22(25(32)28-12-21-4-2-3-11-34-21)9-10-24-23(17)16-31(29-24)15-18-13-30(14-18)26(33)19-5-7-20(27)8-6-19/h5-10,16,18,21H,2-4,11-15H2,1H3,(H,28,32). The minimum Gasteiger partial charge on any atom is -0.376 e. The minimum atomic E-state index is -0.0725. The van der Waals surface area contributed by atoms with Crippen molar-refractivity contribution >= 4 is 34.3 Å². The predicted molar refractivity (Wildman–Crippen MR) is 131 cm³/mol. The van der Waals surface area contributed by atoms with Crippen LogP contribution in [0, 0.1) is 12.8 Å². The Hall–Kier alpha value is -2.90. The van der Waals surface area contributed by atoms with Crippen molar-refractivity contribution in [3.63, 3.8) is 0 Å². The number of halogens is 1. The van der Waals surface area contributed by atoms with Crippen LogP contribution in [-0.4, -0.2) is 58.8 Å². The highest BCUT2D eigenvalue weighted by Gasteiger charge is 2.31. The van der Waals surface area contributed by atoms with Crippen molar-refractivity contribution in [3.8, 4) is 0 Å². The number of likely N-dealkylation sites (tertiary alicyclic amines) is 1. The summed E-state index contributed by atoms with van der Waals surface area (Å²) >= 11 is 5.91. The van der Waals surface area contributed by atoms with Crippen LogP contribution in [0.1, 0.15) is 45.5 Å². The number of fused-ring (bicyclic) bond motifs is 1. The number of nitrogens with one attached hydrogen (secondary N) is 1. The first-order valence-electron chi connectivity index (χ1n) is 11.9. The highest BCUT2D eigenvalue weighted by atomic mass is 35.5. The molecule has 8 heteroatoms. The summed E-state index contributed by atoms with van der Waals surface area (Å²) < 4.78 is 7.65. The van der Waals surface area contributed by atoms with Crippen LogP contribution in [0.4, 0.5) is 0 Å². The minimum absolute atomic E-state index is 0.0312. The molecule has 5 rings (SSSR count). The van der Waals surface area contributed by atoms with E-state index in [1.807, 2.05) is 34.8 Å². The third-order valence-corrected chi connectivity index (χ3v) is 7.05. The molecule has 1 aromatic heterocycles. The van der Waals surface area contributed by atoms with E-state index in [-0.39, 0.29) is 17.9 Å². The quantitative estimate of drug-likeness (QED) is 0.577. The van der Waals surface area contributed by atoms with Gasteiger partial charge >= 0.3 is 0 Å². The molecule has 1 atom stereocenters. The lowest BCUT2D eigenvalue weighted by Gasteiger charge is -2.39. The summed E-state index contributed by atoms with van der Waals surface area (Å²) in [5.74, 6) is 0.310. The number of ether oxygens (including phenoxy) is 1. The number of carbonyl (C=O) groups is 2. The van der Waals surface area contributed by atoms with Crippen molar-refractivity contribution in [2.24, 2.45) is 5.92 Å². The zero-order valence-corrected chi connectivity index (χ0v) is 20.1. The van der Waals surface area contributed by atoms with E-state index in [9.17, 15) is 9.59 Å². The van der Waals surface area contributed by atoms with Gasteiger partial charge in [0.1, 0.15) is 0 Å². The van der Waals surface area contributed by atoms with E-state index in [0.29, 0.717) is 41.7 Å². The SMILES string of the molecule is Cc1c(C(=O)NCC2CCCCO2)ccc2nn(CC3CN(C(=O)c4ccc(Cl)cc4)C3)cc12. The number of aromatic nitrogens is 2. The number of benzene rings is 2. The maximum absolute atomic E-state index is 12.8. The van der Waals surface area contributed by atoms with Crippen LogP contribution in [-0.2, 0) is 11.3 Å². The molecule has 2 fully saturated rings. The molecule has 1 N–H and O–H groups in total. The van der Waals surface area contributed by atoms with Gasteiger partial charge in [0.25, 0.3) is 11.8 Å². The summed E-state index contributed by atoms with van der Waals surface area (Å²) in [6.07, 6.45) is 5.36. The van der Waals surface area contributed by atoms with Crippen molar-refractivity contribution in [1.82, 2.24) is 20.0 Å². The molecule has 2 amide bonds. The van der Waals surface area contributed by atoms with Crippen LogP contribution >= 0.6 is 11.6 Å². The van der Waals surface area contributed by atoms with Crippen molar-refractivity contribution in [3.05, 3.63) is 64.3 Å². The zero-order chi connectivity index (χ0) is 23.7. The molecule has 1 unspecified atom stereocenters. The van der Waals surface area contributed by atoms with Crippen LogP contribution in [0.5, 0.6) is 0 Å². The van der Waals surface area contributed by atoms with Gasteiger partial charge in [-0.05, 0) is 68.1 Å². The molecule has 7 nitrogen and oxygen atoms in total. The molecular weight excluding hydrogens is 452 g/mol. The first kappa shape index (κ1) is 22.9. The van der Waals surface area contributed by atoms with Crippen LogP contribution < -0.4 is 5.32 Å². The van der Waals surface area contributed by atoms with E-state index in [0.717, 1.165) is 48.9 Å². The zero-order valence-electron chi connectivity index (χ0n) is 19.3.